The summed E-state index contributed by atoms with van der Waals surface area (Å²) in [5.41, 5.74) is 0.489. The Morgan fingerprint density at radius 2 is 2.20 bits per heavy atom. The molecule has 0 unspecified atom stereocenters. The summed E-state index contributed by atoms with van der Waals surface area (Å²) in [6, 6.07) is 2.76. The van der Waals surface area contributed by atoms with Gasteiger partial charge < -0.3 is 5.32 Å². The molecule has 0 bridgehead atoms. The molecule has 2 fully saturated rings. The summed E-state index contributed by atoms with van der Waals surface area (Å²) < 4.78 is 0. The average molecular weight is 274 g/mol. The molecule has 0 aliphatic heterocycles. The van der Waals surface area contributed by atoms with Crippen LogP contribution in [-0.2, 0) is 0 Å². The van der Waals surface area contributed by atoms with Gasteiger partial charge in [0.1, 0.15) is 11.5 Å². The molecular weight excluding hydrogens is 252 g/mol. The number of aromatic nitrogens is 2. The Balaban J connectivity index is 1.54. The Morgan fingerprint density at radius 1 is 1.45 bits per heavy atom. The second-order valence-electron chi connectivity index (χ2n) is 6.03. The lowest BCUT2D eigenvalue weighted by atomic mass is 10.2. The van der Waals surface area contributed by atoms with Crippen molar-refractivity contribution < 1.29 is 4.79 Å². The highest BCUT2D eigenvalue weighted by Crippen LogP contribution is 2.37. The number of amides is 1. The van der Waals surface area contributed by atoms with Gasteiger partial charge in [-0.2, -0.15) is 0 Å². The van der Waals surface area contributed by atoms with E-state index < -0.39 is 0 Å². The molecule has 2 aliphatic carbocycles. The second kappa shape index (κ2) is 5.48. The van der Waals surface area contributed by atoms with E-state index in [4.69, 9.17) is 0 Å². The third kappa shape index (κ3) is 3.15. The van der Waals surface area contributed by atoms with Gasteiger partial charge in [-0.25, -0.2) is 9.97 Å². The van der Waals surface area contributed by atoms with E-state index in [9.17, 15) is 4.79 Å². The maximum Gasteiger partial charge on any atom is 0.270 e. The molecule has 2 saturated carbocycles. The minimum atomic E-state index is -0.0923. The minimum absolute atomic E-state index is 0.0923. The molecular formula is C15H22N4O. The van der Waals surface area contributed by atoms with Crippen LogP contribution < -0.4 is 5.32 Å². The molecule has 0 radical (unpaired) electrons. The van der Waals surface area contributed by atoms with E-state index in [1.165, 1.54) is 12.8 Å². The highest BCUT2D eigenvalue weighted by atomic mass is 16.1. The van der Waals surface area contributed by atoms with E-state index in [-0.39, 0.29) is 5.91 Å². The van der Waals surface area contributed by atoms with Gasteiger partial charge in [-0.05, 0) is 45.7 Å². The van der Waals surface area contributed by atoms with Gasteiger partial charge in [0.2, 0.25) is 0 Å². The molecule has 0 saturated heterocycles. The fourth-order valence-electron chi connectivity index (χ4n) is 2.36. The van der Waals surface area contributed by atoms with Crippen LogP contribution in [0.3, 0.4) is 0 Å². The van der Waals surface area contributed by atoms with Crippen LogP contribution in [0.15, 0.2) is 12.3 Å². The zero-order valence-corrected chi connectivity index (χ0v) is 12.2. The summed E-state index contributed by atoms with van der Waals surface area (Å²) in [6.07, 6.45) is 6.55. The van der Waals surface area contributed by atoms with Crippen LogP contribution in [-0.4, -0.2) is 46.5 Å². The molecule has 1 heterocycles. The maximum absolute atomic E-state index is 12.1. The summed E-state index contributed by atoms with van der Waals surface area (Å²) in [4.78, 5) is 23.1. The molecule has 5 nitrogen and oxygen atoms in total. The van der Waals surface area contributed by atoms with Crippen LogP contribution in [0, 0.1) is 0 Å². The predicted molar refractivity (Wildman–Crippen MR) is 76.6 cm³/mol. The first-order valence-corrected chi connectivity index (χ1v) is 7.48. The lowest BCUT2D eigenvalue weighted by molar-refractivity contribution is 0.0934. The lowest BCUT2D eigenvalue weighted by Crippen LogP contribution is -2.41. The van der Waals surface area contributed by atoms with Crippen LogP contribution in [0.5, 0.6) is 0 Å². The van der Waals surface area contributed by atoms with Crippen molar-refractivity contribution in [1.82, 2.24) is 20.2 Å². The van der Waals surface area contributed by atoms with E-state index in [0.717, 1.165) is 18.7 Å². The molecule has 0 aromatic carbocycles. The Bertz CT molecular complexity index is 496. The van der Waals surface area contributed by atoms with E-state index in [2.05, 4.69) is 34.2 Å². The van der Waals surface area contributed by atoms with Gasteiger partial charge in [0.15, 0.2) is 0 Å². The number of rotatable bonds is 6. The van der Waals surface area contributed by atoms with Crippen molar-refractivity contribution in [3.05, 3.63) is 23.8 Å². The Morgan fingerprint density at radius 3 is 2.85 bits per heavy atom. The number of nitrogens with one attached hydrogen (secondary N) is 1. The summed E-state index contributed by atoms with van der Waals surface area (Å²) in [6.45, 7) is 2.81. The first-order valence-electron chi connectivity index (χ1n) is 7.48. The average Bonchev–Trinajstić information content (AvgIpc) is 3.34. The number of hydrogen-bond donors (Lipinski definition) is 1. The molecule has 1 atom stereocenters. The number of nitrogens with zero attached hydrogens (tertiary/aromatic N) is 3. The molecule has 20 heavy (non-hydrogen) atoms. The maximum atomic E-state index is 12.1. The summed E-state index contributed by atoms with van der Waals surface area (Å²) in [7, 11) is 2.13. The molecule has 1 N–H and O–H groups in total. The highest BCUT2D eigenvalue weighted by molar-refractivity contribution is 5.92. The van der Waals surface area contributed by atoms with Gasteiger partial charge in [0.25, 0.3) is 5.91 Å². The quantitative estimate of drug-likeness (QED) is 0.855. The van der Waals surface area contributed by atoms with Crippen LogP contribution in [0.25, 0.3) is 0 Å². The topological polar surface area (TPSA) is 58.1 Å². The summed E-state index contributed by atoms with van der Waals surface area (Å²) >= 11 is 0. The van der Waals surface area contributed by atoms with Crippen molar-refractivity contribution in [3.63, 3.8) is 0 Å². The minimum Gasteiger partial charge on any atom is -0.349 e. The van der Waals surface area contributed by atoms with Gasteiger partial charge in [-0.1, -0.05) is 0 Å². The Hall–Kier alpha value is -1.49. The number of carbonyl (C=O) groups excluding carboxylic acids is 1. The van der Waals surface area contributed by atoms with Crippen LogP contribution >= 0.6 is 0 Å². The van der Waals surface area contributed by atoms with Crippen molar-refractivity contribution in [2.75, 3.05) is 13.6 Å². The van der Waals surface area contributed by atoms with E-state index in [0.29, 0.717) is 30.2 Å². The zero-order chi connectivity index (χ0) is 14.1. The number of carbonyl (C=O) groups is 1. The Labute approximate surface area is 119 Å². The van der Waals surface area contributed by atoms with Crippen molar-refractivity contribution in [2.45, 2.75) is 50.6 Å². The van der Waals surface area contributed by atoms with Gasteiger partial charge in [-0.3, -0.25) is 9.69 Å². The standard InChI is InChI=1S/C15H22N4O/c1-10(19(2)12-5-6-12)9-17-15(20)13-7-8-16-14(18-13)11-3-4-11/h7-8,10-12H,3-6,9H2,1-2H3,(H,17,20)/t10-/m0/s1. The summed E-state index contributed by atoms with van der Waals surface area (Å²) in [5.74, 6) is 1.20. The molecule has 3 rings (SSSR count). The molecule has 1 aromatic heterocycles. The van der Waals surface area contributed by atoms with Crippen molar-refractivity contribution in [3.8, 4) is 0 Å². The third-order valence-electron chi connectivity index (χ3n) is 4.23. The second-order valence-corrected chi connectivity index (χ2v) is 6.03. The van der Waals surface area contributed by atoms with Gasteiger partial charge in [0, 0.05) is 30.7 Å². The SMILES string of the molecule is C[C@@H](CNC(=O)c1ccnc(C2CC2)n1)N(C)C1CC1. The smallest absolute Gasteiger partial charge is 0.270 e. The van der Waals surface area contributed by atoms with Crippen molar-refractivity contribution in [1.29, 1.82) is 0 Å². The first kappa shape index (κ1) is 13.5. The Kier molecular flexibility index (Phi) is 3.70. The van der Waals surface area contributed by atoms with E-state index in [1.54, 1.807) is 12.3 Å². The van der Waals surface area contributed by atoms with Crippen molar-refractivity contribution >= 4 is 5.91 Å². The van der Waals surface area contributed by atoms with Gasteiger partial charge in [0.05, 0.1) is 0 Å². The predicted octanol–water partition coefficient (Wildman–Crippen LogP) is 1.57. The monoisotopic (exact) mass is 274 g/mol. The zero-order valence-electron chi connectivity index (χ0n) is 12.2. The van der Waals surface area contributed by atoms with Crippen LogP contribution in [0.2, 0.25) is 0 Å². The molecule has 1 amide bonds. The summed E-state index contributed by atoms with van der Waals surface area (Å²) in [5, 5.41) is 2.98. The number of likely N-dealkylation sites (N-methyl/N-ethyl adjacent to an activating group) is 1. The largest absolute Gasteiger partial charge is 0.349 e. The van der Waals surface area contributed by atoms with Gasteiger partial charge >= 0.3 is 0 Å². The van der Waals surface area contributed by atoms with Gasteiger partial charge in [-0.15, -0.1) is 0 Å². The van der Waals surface area contributed by atoms with E-state index >= 15 is 0 Å². The molecule has 0 spiro atoms. The third-order valence-corrected chi connectivity index (χ3v) is 4.23. The molecule has 108 valence electrons. The molecule has 2 aliphatic rings. The van der Waals surface area contributed by atoms with Crippen LogP contribution in [0.4, 0.5) is 0 Å². The first-order chi connectivity index (χ1) is 9.65. The van der Waals surface area contributed by atoms with Crippen LogP contribution in [0.1, 0.15) is 54.8 Å². The highest BCUT2D eigenvalue weighted by Gasteiger charge is 2.29. The van der Waals surface area contributed by atoms with Crippen molar-refractivity contribution in [2.24, 2.45) is 0 Å². The normalized spacial score (nSPS) is 19.9. The number of hydrogen-bond acceptors (Lipinski definition) is 4. The molecule has 5 heteroatoms. The molecule has 1 aromatic rings. The fourth-order valence-corrected chi connectivity index (χ4v) is 2.36. The van der Waals surface area contributed by atoms with E-state index in [1.807, 2.05) is 0 Å². The lowest BCUT2D eigenvalue weighted by Gasteiger charge is -2.24. The fraction of sp³-hybridized carbons (Fsp3) is 0.667.